The molecule has 3 N–H and O–H groups in total. The Labute approximate surface area is 107 Å². The summed E-state index contributed by atoms with van der Waals surface area (Å²) in [5.41, 5.74) is 5.66. The molecular formula is C11H14BrF2N3. The summed E-state index contributed by atoms with van der Waals surface area (Å²) in [6.07, 6.45) is 0. The molecule has 0 aliphatic carbocycles. The number of nitrogens with zero attached hydrogens (tertiary/aromatic N) is 1. The number of benzene rings is 1. The minimum absolute atomic E-state index is 0.0864. The zero-order valence-electron chi connectivity index (χ0n) is 9.60. The third kappa shape index (κ3) is 4.30. The van der Waals surface area contributed by atoms with Crippen LogP contribution in [0, 0.1) is 17.6 Å². The molecule has 0 spiro atoms. The lowest BCUT2D eigenvalue weighted by Crippen LogP contribution is -2.24. The lowest BCUT2D eigenvalue weighted by Gasteiger charge is -2.08. The van der Waals surface area contributed by atoms with E-state index < -0.39 is 11.6 Å². The van der Waals surface area contributed by atoms with Crippen LogP contribution < -0.4 is 11.1 Å². The number of nitrogens with one attached hydrogen (secondary N) is 1. The van der Waals surface area contributed by atoms with Crippen molar-refractivity contribution in [3.63, 3.8) is 0 Å². The van der Waals surface area contributed by atoms with Crippen LogP contribution in [0.4, 0.5) is 14.5 Å². The van der Waals surface area contributed by atoms with Crippen molar-refractivity contribution in [2.75, 3.05) is 11.9 Å². The van der Waals surface area contributed by atoms with Crippen molar-refractivity contribution in [2.45, 2.75) is 13.8 Å². The number of halogens is 3. The number of hydrogen-bond acceptors (Lipinski definition) is 1. The van der Waals surface area contributed by atoms with Gasteiger partial charge in [0.05, 0.1) is 10.2 Å². The lowest BCUT2D eigenvalue weighted by molar-refractivity contribution is 0.581. The van der Waals surface area contributed by atoms with Gasteiger partial charge in [0, 0.05) is 12.6 Å². The molecule has 0 bridgehead atoms. The van der Waals surface area contributed by atoms with Crippen molar-refractivity contribution in [3.05, 3.63) is 28.2 Å². The summed E-state index contributed by atoms with van der Waals surface area (Å²) in [4.78, 5) is 4.02. The van der Waals surface area contributed by atoms with E-state index in [1.807, 2.05) is 13.8 Å². The summed E-state index contributed by atoms with van der Waals surface area (Å²) in [6.45, 7) is 4.53. The van der Waals surface area contributed by atoms with Gasteiger partial charge < -0.3 is 11.1 Å². The van der Waals surface area contributed by atoms with Gasteiger partial charge >= 0.3 is 0 Å². The first-order chi connectivity index (χ1) is 7.90. The first-order valence-corrected chi connectivity index (χ1v) is 5.91. The fraction of sp³-hybridized carbons (Fsp3) is 0.364. The van der Waals surface area contributed by atoms with Crippen molar-refractivity contribution in [1.29, 1.82) is 0 Å². The van der Waals surface area contributed by atoms with Crippen molar-refractivity contribution >= 4 is 27.6 Å². The predicted octanol–water partition coefficient (Wildman–Crippen LogP) is 3.11. The van der Waals surface area contributed by atoms with E-state index in [0.29, 0.717) is 12.5 Å². The van der Waals surface area contributed by atoms with Gasteiger partial charge in [-0.3, -0.25) is 4.99 Å². The van der Waals surface area contributed by atoms with E-state index in [4.69, 9.17) is 5.73 Å². The zero-order valence-corrected chi connectivity index (χ0v) is 11.2. The largest absolute Gasteiger partial charge is 0.370 e. The van der Waals surface area contributed by atoms with E-state index >= 15 is 0 Å². The SMILES string of the molecule is CC(C)CN=C(N)Nc1cc(Br)c(F)cc1F. The summed E-state index contributed by atoms with van der Waals surface area (Å²) >= 11 is 2.97. The molecule has 17 heavy (non-hydrogen) atoms. The van der Waals surface area contributed by atoms with Gasteiger partial charge in [0.15, 0.2) is 5.96 Å². The molecule has 1 rings (SSSR count). The number of nitrogens with two attached hydrogens (primary N) is 1. The molecule has 1 aromatic carbocycles. The van der Waals surface area contributed by atoms with E-state index in [-0.39, 0.29) is 16.1 Å². The minimum atomic E-state index is -0.714. The number of guanidine groups is 1. The second-order valence-electron chi connectivity index (χ2n) is 3.99. The quantitative estimate of drug-likeness (QED) is 0.512. The molecule has 0 atom stereocenters. The molecule has 0 fully saturated rings. The Bertz CT molecular complexity index is 433. The van der Waals surface area contributed by atoms with Crippen LogP contribution in [0.1, 0.15) is 13.8 Å². The monoisotopic (exact) mass is 305 g/mol. The Balaban J connectivity index is 2.81. The maximum atomic E-state index is 13.4. The second kappa shape index (κ2) is 5.95. The summed E-state index contributed by atoms with van der Waals surface area (Å²) in [5.74, 6) is -0.907. The first kappa shape index (κ1) is 13.9. The molecule has 6 heteroatoms. The smallest absolute Gasteiger partial charge is 0.193 e. The van der Waals surface area contributed by atoms with Crippen LogP contribution in [0.15, 0.2) is 21.6 Å². The number of hydrogen-bond donors (Lipinski definition) is 2. The average Bonchev–Trinajstić information content (AvgIpc) is 2.23. The minimum Gasteiger partial charge on any atom is -0.370 e. The molecule has 0 aliphatic rings. The van der Waals surface area contributed by atoms with Gasteiger partial charge in [-0.15, -0.1) is 0 Å². The van der Waals surface area contributed by atoms with Crippen molar-refractivity contribution in [1.82, 2.24) is 0 Å². The van der Waals surface area contributed by atoms with Gasteiger partial charge in [0.2, 0.25) is 0 Å². The van der Waals surface area contributed by atoms with Crippen LogP contribution in [0.25, 0.3) is 0 Å². The Morgan fingerprint density at radius 2 is 2.06 bits per heavy atom. The highest BCUT2D eigenvalue weighted by atomic mass is 79.9. The molecule has 94 valence electrons. The van der Waals surface area contributed by atoms with Crippen LogP contribution in [-0.2, 0) is 0 Å². The highest BCUT2D eigenvalue weighted by Gasteiger charge is 2.08. The van der Waals surface area contributed by atoms with Crippen LogP contribution in [0.5, 0.6) is 0 Å². The molecule has 0 aromatic heterocycles. The standard InChI is InChI=1S/C11H14BrF2N3/c1-6(2)5-16-11(15)17-10-3-7(12)8(13)4-9(10)14/h3-4,6H,5H2,1-2H3,(H3,15,16,17). The molecule has 0 heterocycles. The maximum Gasteiger partial charge on any atom is 0.193 e. The van der Waals surface area contributed by atoms with Crippen LogP contribution >= 0.6 is 15.9 Å². The summed E-state index contributed by atoms with van der Waals surface area (Å²) in [6, 6.07) is 2.06. The normalized spacial score (nSPS) is 12.0. The molecule has 0 radical (unpaired) electrons. The third-order valence-electron chi connectivity index (χ3n) is 1.90. The van der Waals surface area contributed by atoms with Crippen LogP contribution in [-0.4, -0.2) is 12.5 Å². The van der Waals surface area contributed by atoms with Crippen molar-refractivity contribution < 1.29 is 8.78 Å². The highest BCUT2D eigenvalue weighted by molar-refractivity contribution is 9.10. The number of rotatable bonds is 3. The van der Waals surface area contributed by atoms with E-state index in [2.05, 4.69) is 26.2 Å². The van der Waals surface area contributed by atoms with Gasteiger partial charge in [-0.25, -0.2) is 8.78 Å². The molecule has 1 aromatic rings. The Morgan fingerprint density at radius 1 is 1.41 bits per heavy atom. The number of aliphatic imine (C=N–C) groups is 1. The Kier molecular flexibility index (Phi) is 4.86. The summed E-state index contributed by atoms with van der Waals surface area (Å²) in [5, 5.41) is 2.59. The first-order valence-electron chi connectivity index (χ1n) is 5.11. The molecule has 0 amide bonds. The van der Waals surface area contributed by atoms with Gasteiger partial charge in [0.1, 0.15) is 11.6 Å². The second-order valence-corrected chi connectivity index (χ2v) is 4.85. The van der Waals surface area contributed by atoms with E-state index in [9.17, 15) is 8.78 Å². The lowest BCUT2D eigenvalue weighted by atomic mass is 10.2. The Morgan fingerprint density at radius 3 is 2.65 bits per heavy atom. The highest BCUT2D eigenvalue weighted by Crippen LogP contribution is 2.23. The molecule has 0 unspecified atom stereocenters. The fourth-order valence-corrected chi connectivity index (χ4v) is 1.42. The molecular weight excluding hydrogens is 292 g/mol. The van der Waals surface area contributed by atoms with E-state index in [1.54, 1.807) is 0 Å². The van der Waals surface area contributed by atoms with Gasteiger partial charge in [-0.2, -0.15) is 0 Å². The van der Waals surface area contributed by atoms with E-state index in [1.165, 1.54) is 6.07 Å². The summed E-state index contributed by atoms with van der Waals surface area (Å²) < 4.78 is 26.5. The van der Waals surface area contributed by atoms with Gasteiger partial charge in [-0.05, 0) is 27.9 Å². The van der Waals surface area contributed by atoms with Crippen LogP contribution in [0.3, 0.4) is 0 Å². The van der Waals surface area contributed by atoms with Crippen molar-refractivity contribution in [3.8, 4) is 0 Å². The third-order valence-corrected chi connectivity index (χ3v) is 2.51. The van der Waals surface area contributed by atoms with Crippen molar-refractivity contribution in [2.24, 2.45) is 16.6 Å². The van der Waals surface area contributed by atoms with Gasteiger partial charge in [0.25, 0.3) is 0 Å². The van der Waals surface area contributed by atoms with Crippen LogP contribution in [0.2, 0.25) is 0 Å². The predicted molar refractivity (Wildman–Crippen MR) is 69.0 cm³/mol. The fourth-order valence-electron chi connectivity index (χ4n) is 1.08. The average molecular weight is 306 g/mol. The zero-order chi connectivity index (χ0) is 13.0. The number of anilines is 1. The molecule has 3 nitrogen and oxygen atoms in total. The van der Waals surface area contributed by atoms with Gasteiger partial charge in [-0.1, -0.05) is 13.8 Å². The van der Waals surface area contributed by atoms with E-state index in [0.717, 1.165) is 6.07 Å². The molecule has 0 saturated heterocycles. The Hall–Kier alpha value is -1.17. The topological polar surface area (TPSA) is 50.4 Å². The summed E-state index contributed by atoms with van der Waals surface area (Å²) in [7, 11) is 0. The molecule has 0 saturated carbocycles. The maximum absolute atomic E-state index is 13.4. The molecule has 0 aliphatic heterocycles.